The average molecular weight is 182 g/mol. The number of aliphatic hydroxyl groups is 1. The summed E-state index contributed by atoms with van der Waals surface area (Å²) in [6.07, 6.45) is 2.18. The number of aliphatic hydroxyl groups excluding tert-OH is 1. The van der Waals surface area contributed by atoms with Crippen LogP contribution in [0.5, 0.6) is 0 Å². The van der Waals surface area contributed by atoms with Crippen LogP contribution in [0.15, 0.2) is 11.0 Å². The predicted octanol–water partition coefficient (Wildman–Crippen LogP) is 0.461. The van der Waals surface area contributed by atoms with Gasteiger partial charge >= 0.3 is 0 Å². The van der Waals surface area contributed by atoms with E-state index in [1.165, 1.54) is 6.20 Å². The van der Waals surface area contributed by atoms with Crippen molar-refractivity contribution in [2.45, 2.75) is 26.9 Å². The number of nitrogens with one attached hydrogen (secondary N) is 1. The minimum Gasteiger partial charge on any atom is -0.391 e. The van der Waals surface area contributed by atoms with Gasteiger partial charge < -0.3 is 10.1 Å². The van der Waals surface area contributed by atoms with Crippen LogP contribution in [0.4, 0.5) is 0 Å². The van der Waals surface area contributed by atoms with E-state index in [1.807, 2.05) is 0 Å². The van der Waals surface area contributed by atoms with Gasteiger partial charge in [-0.15, -0.1) is 0 Å². The molecule has 0 aromatic carbocycles. The molecule has 0 unspecified atom stereocenters. The minimum absolute atomic E-state index is 0.242. The maximum atomic E-state index is 11.2. The van der Waals surface area contributed by atoms with Gasteiger partial charge in [-0.2, -0.15) is 0 Å². The summed E-state index contributed by atoms with van der Waals surface area (Å²) in [4.78, 5) is 17.9. The Balaban J connectivity index is 2.90. The largest absolute Gasteiger partial charge is 0.391 e. The molecule has 13 heavy (non-hydrogen) atoms. The van der Waals surface area contributed by atoms with Gasteiger partial charge in [0.2, 0.25) is 0 Å². The van der Waals surface area contributed by atoms with Crippen molar-refractivity contribution in [3.63, 3.8) is 0 Å². The summed E-state index contributed by atoms with van der Waals surface area (Å²) in [5.41, 5.74) is 0.0701. The Morgan fingerprint density at radius 2 is 2.31 bits per heavy atom. The lowest BCUT2D eigenvalue weighted by molar-refractivity contribution is 0.279. The first-order valence-corrected chi connectivity index (χ1v) is 4.31. The van der Waals surface area contributed by atoms with Crippen molar-refractivity contribution in [2.75, 3.05) is 0 Å². The number of aromatic amines is 1. The fourth-order valence-corrected chi connectivity index (χ4v) is 1.06. The molecule has 0 amide bonds. The fraction of sp³-hybridized carbons (Fsp3) is 0.556. The number of H-pyrrole nitrogens is 1. The molecule has 0 saturated heterocycles. The Kier molecular flexibility index (Phi) is 3.19. The van der Waals surface area contributed by atoms with Crippen molar-refractivity contribution in [2.24, 2.45) is 5.92 Å². The molecule has 0 fully saturated rings. The summed E-state index contributed by atoms with van der Waals surface area (Å²) >= 11 is 0. The molecule has 1 aromatic heterocycles. The van der Waals surface area contributed by atoms with Crippen LogP contribution in [0.3, 0.4) is 0 Å². The van der Waals surface area contributed by atoms with Crippen LogP contribution in [-0.4, -0.2) is 15.1 Å². The summed E-state index contributed by atoms with van der Waals surface area (Å²) in [7, 11) is 0. The molecular formula is C9H14N2O2. The molecule has 0 bridgehead atoms. The molecule has 0 aliphatic rings. The third-order valence-corrected chi connectivity index (χ3v) is 1.70. The van der Waals surface area contributed by atoms with E-state index < -0.39 is 0 Å². The molecule has 0 spiro atoms. The van der Waals surface area contributed by atoms with Crippen molar-refractivity contribution in [3.05, 3.63) is 27.9 Å². The third kappa shape index (κ3) is 2.66. The molecule has 1 heterocycles. The van der Waals surface area contributed by atoms with Crippen LogP contribution in [0.25, 0.3) is 0 Å². The number of hydrogen-bond acceptors (Lipinski definition) is 3. The van der Waals surface area contributed by atoms with Crippen molar-refractivity contribution in [1.82, 2.24) is 9.97 Å². The highest BCUT2D eigenvalue weighted by Gasteiger charge is 2.02. The van der Waals surface area contributed by atoms with Crippen molar-refractivity contribution in [1.29, 1.82) is 0 Å². The topological polar surface area (TPSA) is 66.0 Å². The van der Waals surface area contributed by atoms with Gasteiger partial charge in [-0.1, -0.05) is 13.8 Å². The molecule has 1 aromatic rings. The lowest BCUT2D eigenvalue weighted by Gasteiger charge is -2.03. The Hall–Kier alpha value is -1.16. The molecule has 2 N–H and O–H groups in total. The first kappa shape index (κ1) is 9.92. The van der Waals surface area contributed by atoms with E-state index in [1.54, 1.807) is 0 Å². The van der Waals surface area contributed by atoms with Crippen LogP contribution in [-0.2, 0) is 13.0 Å². The SMILES string of the molecule is CC(C)Cc1ncc(CO)c(=O)[nH]1. The fourth-order valence-electron chi connectivity index (χ4n) is 1.06. The monoisotopic (exact) mass is 182 g/mol. The zero-order valence-electron chi connectivity index (χ0n) is 7.87. The van der Waals surface area contributed by atoms with E-state index in [2.05, 4.69) is 23.8 Å². The van der Waals surface area contributed by atoms with Crippen LogP contribution in [0, 0.1) is 5.92 Å². The summed E-state index contributed by atoms with van der Waals surface area (Å²) in [5.74, 6) is 1.14. The second-order valence-electron chi connectivity index (χ2n) is 3.44. The molecule has 0 aliphatic heterocycles. The second-order valence-corrected chi connectivity index (χ2v) is 3.44. The van der Waals surface area contributed by atoms with Crippen molar-refractivity contribution >= 4 is 0 Å². The highest BCUT2D eigenvalue weighted by molar-refractivity contribution is 5.04. The van der Waals surface area contributed by atoms with Gasteiger partial charge in [0.1, 0.15) is 5.82 Å². The van der Waals surface area contributed by atoms with Gasteiger partial charge in [0.15, 0.2) is 0 Å². The molecule has 0 saturated carbocycles. The number of nitrogens with zero attached hydrogens (tertiary/aromatic N) is 1. The Labute approximate surface area is 76.7 Å². The van der Waals surface area contributed by atoms with Crippen molar-refractivity contribution < 1.29 is 5.11 Å². The van der Waals surface area contributed by atoms with E-state index in [0.29, 0.717) is 17.3 Å². The molecule has 0 aliphatic carbocycles. The van der Waals surface area contributed by atoms with Gasteiger partial charge in [0.05, 0.1) is 12.2 Å². The van der Waals surface area contributed by atoms with E-state index in [4.69, 9.17) is 5.11 Å². The summed E-state index contributed by atoms with van der Waals surface area (Å²) in [6.45, 7) is 3.85. The Morgan fingerprint density at radius 1 is 1.62 bits per heavy atom. The Bertz CT molecular complexity index is 331. The lowest BCUT2D eigenvalue weighted by atomic mass is 10.1. The maximum Gasteiger partial charge on any atom is 0.256 e. The highest BCUT2D eigenvalue weighted by atomic mass is 16.3. The molecule has 0 radical (unpaired) electrons. The third-order valence-electron chi connectivity index (χ3n) is 1.70. The van der Waals surface area contributed by atoms with E-state index in [9.17, 15) is 4.79 Å². The number of hydrogen-bond donors (Lipinski definition) is 2. The zero-order chi connectivity index (χ0) is 9.84. The Morgan fingerprint density at radius 3 is 2.77 bits per heavy atom. The van der Waals surface area contributed by atoms with Gasteiger partial charge in [0, 0.05) is 12.6 Å². The van der Waals surface area contributed by atoms with Crippen molar-refractivity contribution in [3.8, 4) is 0 Å². The standard InChI is InChI=1S/C9H14N2O2/c1-6(2)3-8-10-4-7(5-12)9(13)11-8/h4,6,12H,3,5H2,1-2H3,(H,10,11,13). The first-order valence-electron chi connectivity index (χ1n) is 4.31. The average Bonchev–Trinajstić information content (AvgIpc) is 2.03. The molecular weight excluding hydrogens is 168 g/mol. The number of rotatable bonds is 3. The van der Waals surface area contributed by atoms with Gasteiger partial charge in [-0.25, -0.2) is 4.98 Å². The molecule has 4 nitrogen and oxygen atoms in total. The number of aromatic nitrogens is 2. The van der Waals surface area contributed by atoms with Gasteiger partial charge in [0.25, 0.3) is 5.56 Å². The van der Waals surface area contributed by atoms with Crippen LogP contribution in [0.2, 0.25) is 0 Å². The van der Waals surface area contributed by atoms with Crippen LogP contribution in [0.1, 0.15) is 25.2 Å². The minimum atomic E-state index is -0.260. The summed E-state index contributed by atoms with van der Waals surface area (Å²) in [6, 6.07) is 0. The predicted molar refractivity (Wildman–Crippen MR) is 49.3 cm³/mol. The summed E-state index contributed by atoms with van der Waals surface area (Å²) in [5, 5.41) is 8.73. The molecule has 72 valence electrons. The lowest BCUT2D eigenvalue weighted by Crippen LogP contribution is -2.17. The smallest absolute Gasteiger partial charge is 0.256 e. The second kappa shape index (κ2) is 4.18. The zero-order valence-corrected chi connectivity index (χ0v) is 7.87. The molecule has 0 atom stereocenters. The van der Waals surface area contributed by atoms with Gasteiger partial charge in [-0.3, -0.25) is 4.79 Å². The maximum absolute atomic E-state index is 11.2. The van der Waals surface area contributed by atoms with Crippen LogP contribution >= 0.6 is 0 Å². The highest BCUT2D eigenvalue weighted by Crippen LogP contribution is 2.00. The molecule has 4 heteroatoms. The van der Waals surface area contributed by atoms with Gasteiger partial charge in [-0.05, 0) is 5.92 Å². The quantitative estimate of drug-likeness (QED) is 0.713. The van der Waals surface area contributed by atoms with E-state index >= 15 is 0 Å². The molecule has 1 rings (SSSR count). The van der Waals surface area contributed by atoms with Crippen LogP contribution < -0.4 is 5.56 Å². The first-order chi connectivity index (χ1) is 6.13. The van der Waals surface area contributed by atoms with E-state index in [-0.39, 0.29) is 12.2 Å². The summed E-state index contributed by atoms with van der Waals surface area (Å²) < 4.78 is 0. The van der Waals surface area contributed by atoms with E-state index in [0.717, 1.165) is 6.42 Å². The normalized spacial score (nSPS) is 10.8.